The van der Waals surface area contributed by atoms with Gasteiger partial charge in [0.05, 0.1) is 6.26 Å². The van der Waals surface area contributed by atoms with E-state index in [1.54, 1.807) is 6.26 Å². The molecule has 1 aromatic rings. The second kappa shape index (κ2) is 5.59. The molecule has 1 fully saturated rings. The minimum atomic E-state index is -1.59. The number of rotatable bonds is 7. The van der Waals surface area contributed by atoms with Gasteiger partial charge in [-0.3, -0.25) is 4.90 Å². The molecule has 0 bridgehead atoms. The van der Waals surface area contributed by atoms with Gasteiger partial charge in [-0.2, -0.15) is 0 Å². The van der Waals surface area contributed by atoms with Crippen LogP contribution in [0.2, 0.25) is 18.1 Å². The van der Waals surface area contributed by atoms with Gasteiger partial charge in [0.25, 0.3) is 0 Å². The van der Waals surface area contributed by atoms with Crippen molar-refractivity contribution in [2.24, 2.45) is 0 Å². The third-order valence-corrected chi connectivity index (χ3v) is 8.88. The molecule has 1 aliphatic heterocycles. The highest BCUT2D eigenvalue weighted by Gasteiger charge is 2.43. The minimum absolute atomic E-state index is 0.0431. The lowest BCUT2D eigenvalue weighted by atomic mass is 10.4. The summed E-state index contributed by atoms with van der Waals surface area (Å²) in [6.07, 6.45) is 1.79. The molecule has 3 unspecified atom stereocenters. The molecule has 1 saturated heterocycles. The van der Waals surface area contributed by atoms with Crippen LogP contribution in [-0.2, 0) is 4.43 Å². The summed E-state index contributed by atoms with van der Waals surface area (Å²) in [7, 11) is -1.59. The summed E-state index contributed by atoms with van der Waals surface area (Å²) >= 11 is 0. The maximum atomic E-state index is 6.60. The van der Waals surface area contributed by atoms with Crippen LogP contribution in [0.1, 0.15) is 39.7 Å². The van der Waals surface area contributed by atoms with Gasteiger partial charge in [0, 0.05) is 12.6 Å². The second-order valence-electron chi connectivity index (χ2n) is 5.28. The monoisotopic (exact) mass is 267 g/mol. The Hall–Kier alpha value is -0.583. The lowest BCUT2D eigenvalue weighted by molar-refractivity contribution is 0.0656. The molecule has 0 spiro atoms. The molecular weight excluding hydrogens is 242 g/mol. The van der Waals surface area contributed by atoms with Gasteiger partial charge >= 0.3 is 0 Å². The van der Waals surface area contributed by atoms with Gasteiger partial charge in [-0.25, -0.2) is 0 Å². The summed E-state index contributed by atoms with van der Waals surface area (Å²) < 4.78 is 12.2. The summed E-state index contributed by atoms with van der Waals surface area (Å²) in [6.45, 7) is 10.2. The van der Waals surface area contributed by atoms with Crippen LogP contribution in [0.4, 0.5) is 0 Å². The first-order chi connectivity index (χ1) is 8.65. The number of hydrogen-bond acceptors (Lipinski definition) is 3. The molecule has 0 N–H and O–H groups in total. The summed E-state index contributed by atoms with van der Waals surface area (Å²) in [6, 6.07) is 8.15. The van der Waals surface area contributed by atoms with Crippen molar-refractivity contribution in [2.75, 3.05) is 6.54 Å². The second-order valence-corrected chi connectivity index (χ2v) is 10.00. The first kappa shape index (κ1) is 13.8. The van der Waals surface area contributed by atoms with Crippen LogP contribution in [0.15, 0.2) is 22.8 Å². The molecule has 0 amide bonds. The van der Waals surface area contributed by atoms with Gasteiger partial charge in [0.15, 0.2) is 14.5 Å². The largest absolute Gasteiger partial charge is 0.465 e. The molecule has 2 heterocycles. The van der Waals surface area contributed by atoms with Crippen LogP contribution >= 0.6 is 0 Å². The minimum Gasteiger partial charge on any atom is -0.465 e. The Morgan fingerprint density at radius 1 is 1.39 bits per heavy atom. The van der Waals surface area contributed by atoms with E-state index in [-0.39, 0.29) is 6.23 Å². The van der Waals surface area contributed by atoms with Crippen LogP contribution in [0, 0.1) is 0 Å². The van der Waals surface area contributed by atoms with Crippen molar-refractivity contribution in [3.05, 3.63) is 24.2 Å². The quantitative estimate of drug-likeness (QED) is 0.551. The zero-order valence-corrected chi connectivity index (χ0v) is 13.0. The van der Waals surface area contributed by atoms with Gasteiger partial charge in [-0.1, -0.05) is 20.8 Å². The van der Waals surface area contributed by atoms with Gasteiger partial charge in [0.2, 0.25) is 0 Å². The van der Waals surface area contributed by atoms with E-state index in [4.69, 9.17) is 8.84 Å². The Morgan fingerprint density at radius 3 is 2.39 bits per heavy atom. The van der Waals surface area contributed by atoms with E-state index in [0.29, 0.717) is 6.04 Å². The normalized spacial score (nSPS) is 25.1. The predicted octanol–water partition coefficient (Wildman–Crippen LogP) is 4.00. The topological polar surface area (TPSA) is 25.4 Å². The van der Waals surface area contributed by atoms with Crippen molar-refractivity contribution in [1.82, 2.24) is 4.90 Å². The summed E-state index contributed by atoms with van der Waals surface area (Å²) in [5.74, 6) is 0.964. The predicted molar refractivity (Wildman–Crippen MR) is 75.9 cm³/mol. The highest BCUT2D eigenvalue weighted by atomic mass is 28.4. The zero-order chi connectivity index (χ0) is 13.2. The van der Waals surface area contributed by atoms with Crippen LogP contribution < -0.4 is 0 Å². The SMILES string of the molecule is CC[Si](CC)(CC)OC(c1ccco1)N1CC1C. The van der Waals surface area contributed by atoms with Gasteiger partial charge in [-0.05, 0) is 37.2 Å². The molecule has 18 heavy (non-hydrogen) atoms. The number of furan rings is 1. The molecule has 0 radical (unpaired) electrons. The van der Waals surface area contributed by atoms with Crippen molar-refractivity contribution in [2.45, 2.75) is 58.1 Å². The third kappa shape index (κ3) is 2.71. The van der Waals surface area contributed by atoms with Crippen molar-refractivity contribution >= 4 is 8.32 Å². The molecule has 4 heteroatoms. The van der Waals surface area contributed by atoms with Crippen LogP contribution in [0.3, 0.4) is 0 Å². The molecule has 2 rings (SSSR count). The Bertz CT molecular complexity index is 354. The Morgan fingerprint density at radius 2 is 2.00 bits per heavy atom. The van der Waals surface area contributed by atoms with E-state index >= 15 is 0 Å². The highest BCUT2D eigenvalue weighted by Crippen LogP contribution is 2.37. The van der Waals surface area contributed by atoms with E-state index in [9.17, 15) is 0 Å². The standard InChI is InChI=1S/C14H25NO2Si/c1-5-18(6-2,7-3)17-14(15-11-12(15)4)13-9-8-10-16-13/h8-10,12,14H,5-7,11H2,1-4H3. The Kier molecular flexibility index (Phi) is 4.30. The molecule has 0 aromatic carbocycles. The third-order valence-electron chi connectivity index (χ3n) is 4.29. The lowest BCUT2D eigenvalue weighted by Gasteiger charge is -2.33. The molecular formula is C14H25NO2Si. The maximum Gasteiger partial charge on any atom is 0.194 e. The average Bonchev–Trinajstić information content (AvgIpc) is 2.91. The number of nitrogens with zero attached hydrogens (tertiary/aromatic N) is 1. The molecule has 1 aliphatic rings. The van der Waals surface area contributed by atoms with E-state index in [1.165, 1.54) is 18.1 Å². The zero-order valence-electron chi connectivity index (χ0n) is 12.0. The fourth-order valence-corrected chi connectivity index (χ4v) is 5.27. The van der Waals surface area contributed by atoms with E-state index < -0.39 is 8.32 Å². The van der Waals surface area contributed by atoms with Crippen LogP contribution in [0.25, 0.3) is 0 Å². The molecule has 3 atom stereocenters. The maximum absolute atomic E-state index is 6.60. The summed E-state index contributed by atoms with van der Waals surface area (Å²) in [4.78, 5) is 2.38. The fourth-order valence-electron chi connectivity index (χ4n) is 2.54. The lowest BCUT2D eigenvalue weighted by Crippen LogP contribution is -2.39. The van der Waals surface area contributed by atoms with E-state index in [2.05, 4.69) is 32.6 Å². The Balaban J connectivity index is 2.15. The van der Waals surface area contributed by atoms with Gasteiger partial charge in [0.1, 0.15) is 5.76 Å². The first-order valence-electron chi connectivity index (χ1n) is 7.12. The van der Waals surface area contributed by atoms with E-state index in [0.717, 1.165) is 12.3 Å². The van der Waals surface area contributed by atoms with Gasteiger partial charge < -0.3 is 8.84 Å². The molecule has 0 aliphatic carbocycles. The van der Waals surface area contributed by atoms with Crippen LogP contribution in [0.5, 0.6) is 0 Å². The molecule has 0 saturated carbocycles. The number of hydrogen-bond donors (Lipinski definition) is 0. The molecule has 3 nitrogen and oxygen atoms in total. The van der Waals surface area contributed by atoms with E-state index in [1.807, 2.05) is 12.1 Å². The van der Waals surface area contributed by atoms with Gasteiger partial charge in [-0.15, -0.1) is 0 Å². The van der Waals surface area contributed by atoms with Crippen molar-refractivity contribution in [3.63, 3.8) is 0 Å². The Labute approximate surface area is 111 Å². The van der Waals surface area contributed by atoms with Crippen molar-refractivity contribution in [3.8, 4) is 0 Å². The summed E-state index contributed by atoms with van der Waals surface area (Å²) in [5, 5.41) is 0. The van der Waals surface area contributed by atoms with Crippen molar-refractivity contribution in [1.29, 1.82) is 0 Å². The smallest absolute Gasteiger partial charge is 0.194 e. The molecule has 1 aromatic heterocycles. The first-order valence-corrected chi connectivity index (χ1v) is 9.65. The van der Waals surface area contributed by atoms with Crippen molar-refractivity contribution < 1.29 is 8.84 Å². The average molecular weight is 267 g/mol. The van der Waals surface area contributed by atoms with Crippen LogP contribution in [-0.4, -0.2) is 25.8 Å². The summed E-state index contributed by atoms with van der Waals surface area (Å²) in [5.41, 5.74) is 0. The fraction of sp³-hybridized carbons (Fsp3) is 0.714. The molecule has 102 valence electrons. The highest BCUT2D eigenvalue weighted by molar-refractivity contribution is 6.73.